The van der Waals surface area contributed by atoms with E-state index in [4.69, 9.17) is 23.7 Å². The maximum Gasteiger partial charge on any atom is 0.408 e. The monoisotopic (exact) mass is 909 g/mol. The van der Waals surface area contributed by atoms with Gasteiger partial charge in [-0.3, -0.25) is 14.4 Å². The van der Waals surface area contributed by atoms with Crippen molar-refractivity contribution >= 4 is 35.9 Å². The molecule has 4 aromatic rings. The molecule has 16 heteroatoms. The topological polar surface area (TPSA) is 209 Å². The van der Waals surface area contributed by atoms with Crippen LogP contribution in [0.5, 0.6) is 0 Å². The van der Waals surface area contributed by atoms with Gasteiger partial charge in [0, 0.05) is 6.54 Å². The van der Waals surface area contributed by atoms with Crippen molar-refractivity contribution in [2.45, 2.75) is 116 Å². The lowest BCUT2D eigenvalue weighted by atomic mass is 10.1. The highest BCUT2D eigenvalue weighted by Crippen LogP contribution is 2.13. The van der Waals surface area contributed by atoms with E-state index in [-0.39, 0.29) is 39.4 Å². The molecule has 0 radical (unpaired) electrons. The summed E-state index contributed by atoms with van der Waals surface area (Å²) in [5, 5.41) is 13.2. The van der Waals surface area contributed by atoms with Gasteiger partial charge in [0.15, 0.2) is 6.04 Å². The molecule has 0 fully saturated rings. The Kier molecular flexibility index (Phi) is 21.6. The first-order valence-corrected chi connectivity index (χ1v) is 22.0. The summed E-state index contributed by atoms with van der Waals surface area (Å²) >= 11 is 0. The average molecular weight is 910 g/mol. The van der Waals surface area contributed by atoms with Crippen LogP contribution in [0.15, 0.2) is 121 Å². The van der Waals surface area contributed by atoms with Crippen LogP contribution in [0, 0.1) is 0 Å². The van der Waals surface area contributed by atoms with Crippen LogP contribution in [0.2, 0.25) is 0 Å². The Morgan fingerprint density at radius 1 is 0.515 bits per heavy atom. The summed E-state index contributed by atoms with van der Waals surface area (Å²) in [6, 6.07) is 33.1. The first-order valence-electron chi connectivity index (χ1n) is 22.0. The van der Waals surface area contributed by atoms with Crippen molar-refractivity contribution in [2.24, 2.45) is 0 Å². The summed E-state index contributed by atoms with van der Waals surface area (Å²) in [5.41, 5.74) is 2.39. The minimum atomic E-state index is -1.29. The number of carbonyl (C=O) groups excluding carboxylic acids is 6. The zero-order chi connectivity index (χ0) is 47.7. The number of amides is 5. The number of ether oxygens (including phenoxy) is 5. The molecule has 0 unspecified atom stereocenters. The number of unbranched alkanes of at least 4 members (excludes halogenated alkanes) is 1. The Bertz CT molecular complexity index is 2110. The fourth-order valence-corrected chi connectivity index (χ4v) is 6.30. The fraction of sp³-hybridized carbons (Fsp3) is 0.400. The molecule has 0 aromatic heterocycles. The first kappa shape index (κ1) is 51.9. The lowest BCUT2D eigenvalue weighted by Crippen LogP contribution is -2.57. The number of alkyl carbamates (subject to hydrolysis) is 2. The molecule has 0 heterocycles. The van der Waals surface area contributed by atoms with Gasteiger partial charge in [-0.25, -0.2) is 14.4 Å². The molecule has 0 saturated heterocycles. The molecule has 5 atom stereocenters. The lowest BCUT2D eigenvalue weighted by molar-refractivity contribution is -0.154. The Labute approximate surface area is 386 Å². The van der Waals surface area contributed by atoms with Crippen molar-refractivity contribution in [3.05, 3.63) is 144 Å². The van der Waals surface area contributed by atoms with Gasteiger partial charge in [0.2, 0.25) is 17.7 Å². The molecular formula is C50H63N5O11. The molecule has 16 nitrogen and oxygen atoms in total. The van der Waals surface area contributed by atoms with Crippen LogP contribution in [-0.4, -0.2) is 84.9 Å². The van der Waals surface area contributed by atoms with E-state index in [9.17, 15) is 28.8 Å². The van der Waals surface area contributed by atoms with Crippen molar-refractivity contribution < 1.29 is 52.5 Å². The molecule has 0 spiro atoms. The normalized spacial score (nSPS) is 13.3. The highest BCUT2D eigenvalue weighted by molar-refractivity contribution is 5.93. The van der Waals surface area contributed by atoms with Gasteiger partial charge in [0.1, 0.15) is 30.9 Å². The Balaban J connectivity index is 1.45. The number of hydrogen-bond acceptors (Lipinski definition) is 11. The largest absolute Gasteiger partial charge is 0.459 e. The molecule has 4 aromatic carbocycles. The number of nitrogens with one attached hydrogen (secondary N) is 5. The standard InChI is InChI=1S/C50H63N5O11/c1-35(62-31-37-20-10-6-11-21-37)43(55-49(61)66-50(3,4)5)46(58)52-30-42(56)53-41(28-18-19-29-51-48(60)65-34-40-26-16-9-17-27-40)45(57)54-44(36(2)63-32-38-22-12-7-13-23-38)47(59)64-33-39-24-14-8-15-25-39/h6-17,20-27,35-36,41,43-44H,18-19,28-34H2,1-5H3,(H,51,60)(H,52,58)(H,53,56)(H,54,57)(H,55,61)/t35-,36-,41+,43+,44+/m1/s1. The number of esters is 1. The van der Waals surface area contributed by atoms with E-state index in [0.717, 1.165) is 22.3 Å². The van der Waals surface area contributed by atoms with Crippen molar-refractivity contribution in [1.82, 2.24) is 26.6 Å². The Hall–Kier alpha value is -6.78. The molecule has 0 saturated carbocycles. The Morgan fingerprint density at radius 3 is 1.48 bits per heavy atom. The summed E-state index contributed by atoms with van der Waals surface area (Å²) in [7, 11) is 0. The second-order valence-electron chi connectivity index (χ2n) is 16.5. The minimum Gasteiger partial charge on any atom is -0.459 e. The van der Waals surface area contributed by atoms with Crippen LogP contribution in [0.25, 0.3) is 0 Å². The lowest BCUT2D eigenvalue weighted by Gasteiger charge is -2.27. The number of carbonyl (C=O) groups is 6. The second kappa shape index (κ2) is 27.5. The minimum absolute atomic E-state index is 0.0578. The predicted molar refractivity (Wildman–Crippen MR) is 246 cm³/mol. The average Bonchev–Trinajstić information content (AvgIpc) is 3.31. The molecule has 5 amide bonds. The van der Waals surface area contributed by atoms with E-state index in [0.29, 0.717) is 12.8 Å². The van der Waals surface area contributed by atoms with E-state index < -0.39 is 78.4 Å². The second-order valence-corrected chi connectivity index (χ2v) is 16.5. The molecule has 0 aliphatic heterocycles. The van der Waals surface area contributed by atoms with Gasteiger partial charge in [-0.1, -0.05) is 121 Å². The quantitative estimate of drug-likeness (QED) is 0.0295. The van der Waals surface area contributed by atoms with E-state index in [1.807, 2.05) is 109 Å². The summed E-state index contributed by atoms with van der Waals surface area (Å²) in [5.74, 6) is -2.95. The molecule has 5 N–H and O–H groups in total. The van der Waals surface area contributed by atoms with Crippen LogP contribution >= 0.6 is 0 Å². The predicted octanol–water partition coefficient (Wildman–Crippen LogP) is 6.02. The molecule has 0 aliphatic rings. The summed E-state index contributed by atoms with van der Waals surface area (Å²) in [6.07, 6.45) is -2.41. The molecule has 0 aliphatic carbocycles. The first-order chi connectivity index (χ1) is 31.7. The van der Waals surface area contributed by atoms with E-state index in [2.05, 4.69) is 26.6 Å². The van der Waals surface area contributed by atoms with Gasteiger partial charge in [-0.15, -0.1) is 0 Å². The molecular weight excluding hydrogens is 847 g/mol. The van der Waals surface area contributed by atoms with Crippen LogP contribution in [-0.2, 0) is 69.3 Å². The van der Waals surface area contributed by atoms with Crippen LogP contribution < -0.4 is 26.6 Å². The third-order valence-electron chi connectivity index (χ3n) is 9.86. The van der Waals surface area contributed by atoms with Crippen molar-refractivity contribution in [1.29, 1.82) is 0 Å². The molecule has 0 bridgehead atoms. The van der Waals surface area contributed by atoms with Crippen LogP contribution in [0.4, 0.5) is 9.59 Å². The van der Waals surface area contributed by atoms with E-state index in [1.165, 1.54) is 0 Å². The van der Waals surface area contributed by atoms with Crippen LogP contribution in [0.1, 0.15) is 76.1 Å². The zero-order valence-corrected chi connectivity index (χ0v) is 38.3. The smallest absolute Gasteiger partial charge is 0.408 e. The van der Waals surface area contributed by atoms with Gasteiger partial charge >= 0.3 is 18.2 Å². The van der Waals surface area contributed by atoms with E-state index in [1.54, 1.807) is 46.8 Å². The molecule has 354 valence electrons. The van der Waals surface area contributed by atoms with Crippen molar-refractivity contribution in [3.8, 4) is 0 Å². The third kappa shape index (κ3) is 19.9. The SMILES string of the molecule is C[C@@H](OCc1ccccc1)[C@H](NC(=O)OC(C)(C)C)C(=O)NCC(=O)N[C@@H](CCCCNC(=O)OCc1ccccc1)C(=O)N[C@H](C(=O)OCc1ccccc1)[C@@H](C)OCc1ccccc1. The fourth-order valence-electron chi connectivity index (χ4n) is 6.30. The highest BCUT2D eigenvalue weighted by Gasteiger charge is 2.34. The summed E-state index contributed by atoms with van der Waals surface area (Å²) < 4.78 is 28.3. The summed E-state index contributed by atoms with van der Waals surface area (Å²) in [4.78, 5) is 80.2. The van der Waals surface area contributed by atoms with Gasteiger partial charge in [-0.05, 0) is 76.1 Å². The maximum atomic E-state index is 14.2. The highest BCUT2D eigenvalue weighted by atomic mass is 16.6. The Morgan fingerprint density at radius 2 is 0.985 bits per heavy atom. The van der Waals surface area contributed by atoms with E-state index >= 15 is 0 Å². The van der Waals surface area contributed by atoms with Crippen molar-refractivity contribution in [3.63, 3.8) is 0 Å². The number of benzene rings is 4. The zero-order valence-electron chi connectivity index (χ0n) is 38.3. The maximum absolute atomic E-state index is 14.2. The van der Waals surface area contributed by atoms with Gasteiger partial charge < -0.3 is 50.3 Å². The van der Waals surface area contributed by atoms with Gasteiger partial charge in [-0.2, -0.15) is 0 Å². The number of hydrogen-bond donors (Lipinski definition) is 5. The van der Waals surface area contributed by atoms with Crippen LogP contribution in [0.3, 0.4) is 0 Å². The summed E-state index contributed by atoms with van der Waals surface area (Å²) in [6.45, 7) is 8.22. The van der Waals surface area contributed by atoms with Gasteiger partial charge in [0.05, 0.1) is 32.0 Å². The molecule has 4 rings (SSSR count). The number of rotatable bonds is 25. The van der Waals surface area contributed by atoms with Crippen molar-refractivity contribution in [2.75, 3.05) is 13.1 Å². The third-order valence-corrected chi connectivity index (χ3v) is 9.86. The van der Waals surface area contributed by atoms with Gasteiger partial charge in [0.25, 0.3) is 0 Å². The molecule has 66 heavy (non-hydrogen) atoms.